The number of benzene rings is 3. The van der Waals surface area contributed by atoms with Crippen molar-refractivity contribution in [1.29, 1.82) is 0 Å². The van der Waals surface area contributed by atoms with E-state index in [-0.39, 0.29) is 19.1 Å². The monoisotopic (exact) mass is 613 g/mol. The molecule has 1 heterocycles. The average molecular weight is 614 g/mol. The van der Waals surface area contributed by atoms with Gasteiger partial charge in [-0.05, 0) is 58.5 Å². The van der Waals surface area contributed by atoms with Gasteiger partial charge in [-0.3, -0.25) is 9.32 Å². The molecule has 2 aromatic rings. The van der Waals surface area contributed by atoms with Gasteiger partial charge in [-0.2, -0.15) is 0 Å². The number of rotatable bonds is 10. The SMILES string of the molecule is CC(=O)NCCOP(=O)(O)O.CCN(CC)c1ccc2c(-c3ccccc3)c3ccc(=[N+](CC)CC)cc-3oc2c1.CN. The molecule has 0 spiro atoms. The number of hydrogen-bond donors (Lipinski definition) is 4. The topological polar surface area (TPSA) is 141 Å². The zero-order chi connectivity index (χ0) is 32.0. The molecule has 0 aromatic heterocycles. The van der Waals surface area contributed by atoms with E-state index in [1.54, 1.807) is 0 Å². The minimum absolute atomic E-state index is 0.0977. The summed E-state index contributed by atoms with van der Waals surface area (Å²) in [6.45, 7) is 13.9. The lowest BCUT2D eigenvalue weighted by Crippen LogP contribution is -2.29. The number of anilines is 1. The van der Waals surface area contributed by atoms with E-state index in [1.165, 1.54) is 36.1 Å². The van der Waals surface area contributed by atoms with Crippen LogP contribution in [0, 0.1) is 0 Å². The normalized spacial score (nSPS) is 10.8. The fourth-order valence-electron chi connectivity index (χ4n) is 4.75. The number of phosphoric acid groups is 1. The van der Waals surface area contributed by atoms with E-state index in [1.807, 2.05) is 0 Å². The maximum Gasteiger partial charge on any atom is 0.469 e. The van der Waals surface area contributed by atoms with Gasteiger partial charge in [0.15, 0.2) is 0 Å². The highest BCUT2D eigenvalue weighted by molar-refractivity contribution is 7.46. The highest BCUT2D eigenvalue weighted by atomic mass is 31.2. The Hall–Kier alpha value is -3.53. The van der Waals surface area contributed by atoms with Gasteiger partial charge in [-0.1, -0.05) is 30.3 Å². The van der Waals surface area contributed by atoms with Crippen LogP contribution in [0.5, 0.6) is 0 Å². The molecule has 0 radical (unpaired) electrons. The Balaban J connectivity index is 0.000000422. The molecule has 5 N–H and O–H groups in total. The molecule has 11 heteroatoms. The molecule has 2 aliphatic rings. The van der Waals surface area contributed by atoms with Gasteiger partial charge in [-0.15, -0.1) is 0 Å². The molecule has 43 heavy (non-hydrogen) atoms. The fourth-order valence-corrected chi connectivity index (χ4v) is 5.08. The predicted octanol–water partition coefficient (Wildman–Crippen LogP) is 4.67. The van der Waals surface area contributed by atoms with Crippen LogP contribution < -0.4 is 25.9 Å². The minimum Gasteiger partial charge on any atom is -0.456 e. The molecule has 0 atom stereocenters. The summed E-state index contributed by atoms with van der Waals surface area (Å²) in [5.74, 6) is 0.668. The smallest absolute Gasteiger partial charge is 0.456 e. The Bertz CT molecular complexity index is 1520. The first-order valence-electron chi connectivity index (χ1n) is 14.5. The Morgan fingerprint density at radius 3 is 2.19 bits per heavy atom. The number of carbonyl (C=O) groups excluding carboxylic acids is 1. The summed E-state index contributed by atoms with van der Waals surface area (Å²) in [4.78, 5) is 28.9. The van der Waals surface area contributed by atoms with Crippen molar-refractivity contribution in [1.82, 2.24) is 9.89 Å². The third-order valence-electron chi connectivity index (χ3n) is 6.74. The summed E-state index contributed by atoms with van der Waals surface area (Å²) in [5.41, 5.74) is 10.2. The molecule has 234 valence electrons. The largest absolute Gasteiger partial charge is 0.469 e. The highest BCUT2D eigenvalue weighted by Crippen LogP contribution is 2.40. The van der Waals surface area contributed by atoms with E-state index < -0.39 is 7.82 Å². The number of hydrogen-bond acceptors (Lipinski definition) is 6. The zero-order valence-electron chi connectivity index (χ0n) is 26.0. The van der Waals surface area contributed by atoms with Crippen molar-refractivity contribution in [3.63, 3.8) is 0 Å². The maximum atomic E-state index is 10.2. The van der Waals surface area contributed by atoms with E-state index in [4.69, 9.17) is 14.2 Å². The summed E-state index contributed by atoms with van der Waals surface area (Å²) >= 11 is 0. The maximum absolute atomic E-state index is 10.2. The lowest BCUT2D eigenvalue weighted by atomic mass is 9.93. The van der Waals surface area contributed by atoms with E-state index in [0.29, 0.717) is 0 Å². The van der Waals surface area contributed by atoms with Crippen molar-refractivity contribution in [2.75, 3.05) is 51.3 Å². The summed E-state index contributed by atoms with van der Waals surface area (Å²) in [6.07, 6.45) is 0. The number of carbonyl (C=O) groups is 1. The number of fused-ring (bicyclic) bond motifs is 2. The quantitative estimate of drug-likeness (QED) is 0.0876. The highest BCUT2D eigenvalue weighted by Gasteiger charge is 2.19. The van der Waals surface area contributed by atoms with Crippen LogP contribution in [0.2, 0.25) is 0 Å². The number of nitrogens with two attached hydrogens (primary N) is 1. The van der Waals surface area contributed by atoms with Gasteiger partial charge in [0.2, 0.25) is 11.3 Å². The van der Waals surface area contributed by atoms with E-state index in [9.17, 15) is 9.36 Å². The fraction of sp³-hybridized carbons (Fsp3) is 0.375. The lowest BCUT2D eigenvalue weighted by Gasteiger charge is -2.22. The van der Waals surface area contributed by atoms with Gasteiger partial charge >= 0.3 is 7.82 Å². The van der Waals surface area contributed by atoms with Gasteiger partial charge in [0.05, 0.1) is 12.7 Å². The summed E-state index contributed by atoms with van der Waals surface area (Å²) in [5, 5.41) is 4.67. The van der Waals surface area contributed by atoms with Crippen molar-refractivity contribution >= 4 is 30.4 Å². The first-order valence-corrected chi connectivity index (χ1v) is 16.1. The molecule has 1 amide bonds. The average Bonchev–Trinajstić information content (AvgIpc) is 3.00. The van der Waals surface area contributed by atoms with Crippen LogP contribution >= 0.6 is 7.82 Å². The van der Waals surface area contributed by atoms with Crippen molar-refractivity contribution < 1.29 is 28.1 Å². The third-order valence-corrected chi connectivity index (χ3v) is 7.26. The standard InChI is InChI=1S/C27H31N2O.C4H10NO5P.CH5N/c1-5-28(6-2)21-14-16-23-25(18-21)30-26-19-22(29(7-3)8-4)15-17-24(26)27(23)20-12-10-9-11-13-20;1-4(6)5-2-3-10-11(7,8)9;1-2/h9-19H,5-8H2,1-4H3;2-3H2,1H3,(H,5,6)(H2,7,8,9);2H2,1H3/q+1;;. The molecule has 10 nitrogen and oxygen atoms in total. The van der Waals surface area contributed by atoms with Crippen molar-refractivity contribution in [3.8, 4) is 22.5 Å². The predicted molar refractivity (Wildman–Crippen MR) is 175 cm³/mol. The van der Waals surface area contributed by atoms with Crippen LogP contribution in [0.25, 0.3) is 33.4 Å². The van der Waals surface area contributed by atoms with Crippen LogP contribution in [0.15, 0.2) is 71.1 Å². The first-order chi connectivity index (χ1) is 20.6. The molecule has 1 aliphatic carbocycles. The van der Waals surface area contributed by atoms with E-state index in [2.05, 4.69) is 119 Å². The Morgan fingerprint density at radius 2 is 1.63 bits per heavy atom. The van der Waals surface area contributed by atoms with Gasteiger partial charge in [0.1, 0.15) is 24.4 Å². The van der Waals surface area contributed by atoms with Crippen LogP contribution in [-0.2, 0) is 13.9 Å². The van der Waals surface area contributed by atoms with Crippen molar-refractivity contribution in [2.45, 2.75) is 34.6 Å². The summed E-state index contributed by atoms with van der Waals surface area (Å²) in [6, 6.07) is 23.9. The van der Waals surface area contributed by atoms with Crippen LogP contribution in [0.4, 0.5) is 5.69 Å². The molecule has 4 rings (SSSR count). The van der Waals surface area contributed by atoms with E-state index in [0.717, 1.165) is 48.5 Å². The van der Waals surface area contributed by atoms with Crippen molar-refractivity contribution in [2.24, 2.45) is 5.73 Å². The van der Waals surface area contributed by atoms with Gasteiger partial charge in [-0.25, -0.2) is 9.14 Å². The first kappa shape index (κ1) is 35.7. The molecular weight excluding hydrogens is 567 g/mol. The molecule has 0 saturated heterocycles. The molecule has 0 fully saturated rings. The molecule has 0 bridgehead atoms. The zero-order valence-corrected chi connectivity index (χ0v) is 26.9. The second-order valence-electron chi connectivity index (χ2n) is 9.36. The number of nitrogens with zero attached hydrogens (tertiary/aromatic N) is 2. The summed E-state index contributed by atoms with van der Waals surface area (Å²) < 4.78 is 22.9. The molecule has 1 aliphatic heterocycles. The second kappa shape index (κ2) is 17.6. The number of amides is 1. The van der Waals surface area contributed by atoms with Crippen molar-refractivity contribution in [3.05, 3.63) is 72.1 Å². The van der Waals surface area contributed by atoms with Crippen LogP contribution in [-0.4, -0.2) is 62.1 Å². The summed E-state index contributed by atoms with van der Waals surface area (Å²) in [7, 11) is -2.88. The Kier molecular flexibility index (Phi) is 14.6. The lowest BCUT2D eigenvalue weighted by molar-refractivity contribution is -0.119. The molecule has 2 aromatic carbocycles. The molecule has 0 unspecified atom stereocenters. The van der Waals surface area contributed by atoms with Crippen LogP contribution in [0.3, 0.4) is 0 Å². The van der Waals surface area contributed by atoms with Gasteiger partial charge in [0.25, 0.3) is 0 Å². The third kappa shape index (κ3) is 10.3. The van der Waals surface area contributed by atoms with E-state index >= 15 is 0 Å². The number of phosphoric ester groups is 1. The second-order valence-corrected chi connectivity index (χ2v) is 10.6. The molecular formula is C32H46N4O6P+. The van der Waals surface area contributed by atoms with Crippen LogP contribution in [0.1, 0.15) is 34.6 Å². The van der Waals surface area contributed by atoms with Gasteiger partial charge in [0, 0.05) is 60.9 Å². The molecule has 0 saturated carbocycles. The Morgan fingerprint density at radius 1 is 0.977 bits per heavy atom. The Labute approximate surface area is 254 Å². The van der Waals surface area contributed by atoms with Gasteiger partial charge < -0.3 is 30.2 Å². The number of nitrogens with one attached hydrogen (secondary N) is 1. The minimum atomic E-state index is -4.38.